The van der Waals surface area contributed by atoms with Crippen LogP contribution in [-0.2, 0) is 9.84 Å². The number of hydrogen-bond donors (Lipinski definition) is 2. The zero-order valence-corrected chi connectivity index (χ0v) is 15.7. The zero-order chi connectivity index (χ0) is 19.4. The lowest BCUT2D eigenvalue weighted by Gasteiger charge is -2.12. The molecule has 0 bridgehead atoms. The van der Waals surface area contributed by atoms with E-state index in [0.29, 0.717) is 16.9 Å². The number of pyridine rings is 1. The summed E-state index contributed by atoms with van der Waals surface area (Å²) in [6.07, 6.45) is 2.84. The second kappa shape index (κ2) is 7.59. The maximum absolute atomic E-state index is 12.7. The van der Waals surface area contributed by atoms with Gasteiger partial charge >= 0.3 is 0 Å². The fourth-order valence-corrected chi connectivity index (χ4v) is 3.29. The molecular formula is C20H19N3O3S. The van der Waals surface area contributed by atoms with Crippen LogP contribution in [0.25, 0.3) is 11.3 Å². The number of nitrogens with one attached hydrogen (secondary N) is 2. The van der Waals surface area contributed by atoms with Crippen LogP contribution in [0.4, 0.5) is 11.4 Å². The van der Waals surface area contributed by atoms with Crippen LogP contribution in [0.2, 0.25) is 0 Å². The van der Waals surface area contributed by atoms with E-state index in [1.165, 1.54) is 18.2 Å². The van der Waals surface area contributed by atoms with Gasteiger partial charge in [-0.1, -0.05) is 18.2 Å². The quantitative estimate of drug-likeness (QED) is 0.707. The molecule has 0 aliphatic rings. The molecule has 0 aliphatic heterocycles. The third kappa shape index (κ3) is 4.32. The molecule has 0 radical (unpaired) electrons. The molecule has 0 spiro atoms. The van der Waals surface area contributed by atoms with Crippen molar-refractivity contribution in [3.05, 3.63) is 72.4 Å². The Labute approximate surface area is 158 Å². The van der Waals surface area contributed by atoms with Crippen molar-refractivity contribution in [3.8, 4) is 11.3 Å². The Morgan fingerprint density at radius 1 is 1.00 bits per heavy atom. The maximum Gasteiger partial charge on any atom is 0.257 e. The van der Waals surface area contributed by atoms with Gasteiger partial charge < -0.3 is 10.6 Å². The fourth-order valence-electron chi connectivity index (χ4n) is 2.65. The number of carbonyl (C=O) groups is 1. The predicted molar refractivity (Wildman–Crippen MR) is 107 cm³/mol. The van der Waals surface area contributed by atoms with Crippen LogP contribution in [0.3, 0.4) is 0 Å². The van der Waals surface area contributed by atoms with Gasteiger partial charge in [-0.25, -0.2) is 8.42 Å². The monoisotopic (exact) mass is 381 g/mol. The van der Waals surface area contributed by atoms with Crippen LogP contribution in [0.1, 0.15) is 10.4 Å². The number of sulfone groups is 1. The molecule has 1 amide bonds. The fraction of sp³-hybridized carbons (Fsp3) is 0.100. The number of rotatable bonds is 5. The van der Waals surface area contributed by atoms with Gasteiger partial charge in [0.1, 0.15) is 0 Å². The van der Waals surface area contributed by atoms with E-state index in [-0.39, 0.29) is 10.8 Å². The van der Waals surface area contributed by atoms with Crippen molar-refractivity contribution in [2.75, 3.05) is 23.9 Å². The van der Waals surface area contributed by atoms with E-state index in [4.69, 9.17) is 0 Å². The number of benzene rings is 2. The van der Waals surface area contributed by atoms with Gasteiger partial charge in [-0.2, -0.15) is 0 Å². The summed E-state index contributed by atoms with van der Waals surface area (Å²) < 4.78 is 23.4. The van der Waals surface area contributed by atoms with Crippen molar-refractivity contribution in [1.82, 2.24) is 4.98 Å². The number of aromatic nitrogens is 1. The minimum Gasteiger partial charge on any atom is -0.387 e. The van der Waals surface area contributed by atoms with Crippen molar-refractivity contribution in [2.45, 2.75) is 4.90 Å². The summed E-state index contributed by atoms with van der Waals surface area (Å²) in [6, 6.07) is 17.4. The number of hydrogen-bond acceptors (Lipinski definition) is 5. The van der Waals surface area contributed by atoms with Crippen molar-refractivity contribution >= 4 is 27.1 Å². The van der Waals surface area contributed by atoms with Gasteiger partial charge in [0.05, 0.1) is 16.2 Å². The van der Waals surface area contributed by atoms with E-state index in [1.54, 1.807) is 19.3 Å². The standard InChI is InChI=1S/C20H19N3O3S/c1-21-19-13-16(27(2,25)26)9-10-17(19)20(24)23-15-7-5-6-14(12-15)18-8-3-4-11-22-18/h3-13,21H,1-2H3,(H,23,24). The van der Waals surface area contributed by atoms with Gasteiger partial charge in [0, 0.05) is 36.4 Å². The second-order valence-corrected chi connectivity index (χ2v) is 8.00. The predicted octanol–water partition coefficient (Wildman–Crippen LogP) is 3.45. The Morgan fingerprint density at radius 3 is 2.48 bits per heavy atom. The molecule has 0 atom stereocenters. The highest BCUT2D eigenvalue weighted by Gasteiger charge is 2.15. The normalized spacial score (nSPS) is 11.0. The summed E-state index contributed by atoms with van der Waals surface area (Å²) >= 11 is 0. The van der Waals surface area contributed by atoms with Gasteiger partial charge in [0.15, 0.2) is 9.84 Å². The maximum atomic E-state index is 12.7. The van der Waals surface area contributed by atoms with Gasteiger partial charge in [0.25, 0.3) is 5.91 Å². The molecule has 0 saturated heterocycles. The van der Waals surface area contributed by atoms with Crippen LogP contribution in [0.5, 0.6) is 0 Å². The highest BCUT2D eigenvalue weighted by Crippen LogP contribution is 2.24. The molecule has 1 aromatic heterocycles. The molecule has 0 fully saturated rings. The molecule has 2 aromatic carbocycles. The van der Waals surface area contributed by atoms with Gasteiger partial charge in [-0.05, 0) is 42.5 Å². The first-order valence-electron chi connectivity index (χ1n) is 8.23. The van der Waals surface area contributed by atoms with E-state index in [1.807, 2.05) is 36.4 Å². The van der Waals surface area contributed by atoms with Crippen LogP contribution < -0.4 is 10.6 Å². The topological polar surface area (TPSA) is 88.2 Å². The molecule has 1 heterocycles. The van der Waals surface area contributed by atoms with Crippen LogP contribution in [-0.4, -0.2) is 32.6 Å². The van der Waals surface area contributed by atoms with E-state index < -0.39 is 9.84 Å². The highest BCUT2D eigenvalue weighted by molar-refractivity contribution is 7.90. The molecule has 0 aliphatic carbocycles. The Kier molecular flexibility index (Phi) is 5.23. The van der Waals surface area contributed by atoms with E-state index in [0.717, 1.165) is 17.5 Å². The Hall–Kier alpha value is -3.19. The van der Waals surface area contributed by atoms with E-state index in [2.05, 4.69) is 15.6 Å². The minimum absolute atomic E-state index is 0.153. The highest BCUT2D eigenvalue weighted by atomic mass is 32.2. The van der Waals surface area contributed by atoms with Gasteiger partial charge in [0.2, 0.25) is 0 Å². The smallest absolute Gasteiger partial charge is 0.257 e. The van der Waals surface area contributed by atoms with Crippen molar-refractivity contribution < 1.29 is 13.2 Å². The molecule has 6 nitrogen and oxygen atoms in total. The summed E-state index contributed by atoms with van der Waals surface area (Å²) in [4.78, 5) is 17.1. The van der Waals surface area contributed by atoms with E-state index in [9.17, 15) is 13.2 Å². The third-order valence-electron chi connectivity index (χ3n) is 4.01. The van der Waals surface area contributed by atoms with Crippen LogP contribution in [0.15, 0.2) is 71.8 Å². The van der Waals surface area contributed by atoms with Gasteiger partial charge in [-0.15, -0.1) is 0 Å². The lowest BCUT2D eigenvalue weighted by molar-refractivity contribution is 0.102. The average Bonchev–Trinajstić information content (AvgIpc) is 2.67. The lowest BCUT2D eigenvalue weighted by Crippen LogP contribution is -2.14. The number of carbonyl (C=O) groups excluding carboxylic acids is 1. The van der Waals surface area contributed by atoms with Gasteiger partial charge in [-0.3, -0.25) is 9.78 Å². The first-order chi connectivity index (χ1) is 12.9. The minimum atomic E-state index is -3.35. The molecule has 2 N–H and O–H groups in total. The second-order valence-electron chi connectivity index (χ2n) is 5.98. The van der Waals surface area contributed by atoms with Crippen LogP contribution in [0, 0.1) is 0 Å². The molecule has 3 rings (SSSR count). The third-order valence-corrected chi connectivity index (χ3v) is 5.12. The van der Waals surface area contributed by atoms with E-state index >= 15 is 0 Å². The zero-order valence-electron chi connectivity index (χ0n) is 14.9. The largest absolute Gasteiger partial charge is 0.387 e. The first kappa shape index (κ1) is 18.6. The number of amides is 1. The van der Waals surface area contributed by atoms with Crippen molar-refractivity contribution in [3.63, 3.8) is 0 Å². The van der Waals surface area contributed by atoms with Crippen LogP contribution >= 0.6 is 0 Å². The first-order valence-corrected chi connectivity index (χ1v) is 10.1. The molecule has 3 aromatic rings. The Balaban J connectivity index is 1.88. The summed E-state index contributed by atoms with van der Waals surface area (Å²) in [6.45, 7) is 0. The number of nitrogens with zero attached hydrogens (tertiary/aromatic N) is 1. The molecule has 138 valence electrons. The molecular weight excluding hydrogens is 362 g/mol. The summed E-state index contributed by atoms with van der Waals surface area (Å²) in [5.41, 5.74) is 3.11. The molecule has 0 unspecified atom stereocenters. The SMILES string of the molecule is CNc1cc(S(C)(=O)=O)ccc1C(=O)Nc1cccc(-c2ccccn2)c1. The number of anilines is 2. The Bertz CT molecular complexity index is 1080. The lowest BCUT2D eigenvalue weighted by atomic mass is 10.1. The summed E-state index contributed by atoms with van der Waals surface area (Å²) in [5, 5.41) is 5.72. The molecule has 27 heavy (non-hydrogen) atoms. The molecule has 7 heteroatoms. The average molecular weight is 381 g/mol. The Morgan fingerprint density at radius 2 is 1.81 bits per heavy atom. The van der Waals surface area contributed by atoms with Crippen molar-refractivity contribution in [1.29, 1.82) is 0 Å². The molecule has 0 saturated carbocycles. The summed E-state index contributed by atoms with van der Waals surface area (Å²) in [7, 11) is -1.71. The van der Waals surface area contributed by atoms with Crippen molar-refractivity contribution in [2.24, 2.45) is 0 Å². The summed E-state index contributed by atoms with van der Waals surface area (Å²) in [5.74, 6) is -0.336.